The molecule has 1 aromatic carbocycles. The van der Waals surface area contributed by atoms with Crippen LogP contribution in [-0.2, 0) is 9.53 Å². The van der Waals surface area contributed by atoms with E-state index in [9.17, 15) is 25.2 Å². The minimum atomic E-state index is -1.51. The lowest BCUT2D eigenvalue weighted by Gasteiger charge is -2.39. The van der Waals surface area contributed by atoms with Crippen molar-refractivity contribution in [1.82, 2.24) is 0 Å². The van der Waals surface area contributed by atoms with Crippen molar-refractivity contribution in [3.8, 4) is 11.5 Å². The van der Waals surface area contributed by atoms with Crippen LogP contribution in [0.1, 0.15) is 12.0 Å². The molecule has 8 heteroatoms. The van der Waals surface area contributed by atoms with E-state index in [1.807, 2.05) is 0 Å². The molecule has 1 saturated heterocycles. The molecule has 8 nitrogen and oxygen atoms in total. The van der Waals surface area contributed by atoms with Crippen LogP contribution in [-0.4, -0.2) is 75.6 Å². The number of benzene rings is 1. The number of phenols is 1. The van der Waals surface area contributed by atoms with E-state index in [0.29, 0.717) is 5.56 Å². The second kappa shape index (κ2) is 8.41. The van der Waals surface area contributed by atoms with Gasteiger partial charge in [0.15, 0.2) is 17.3 Å². The summed E-state index contributed by atoms with van der Waals surface area (Å²) >= 11 is 0. The zero-order valence-electron chi connectivity index (χ0n) is 13.6. The van der Waals surface area contributed by atoms with Gasteiger partial charge in [-0.3, -0.25) is 4.79 Å². The van der Waals surface area contributed by atoms with Crippen LogP contribution in [0.15, 0.2) is 24.3 Å². The predicted octanol–water partition coefficient (Wildman–Crippen LogP) is -0.784. The molecule has 1 aromatic rings. The SMILES string of the molecule is COc1cc(/C=C/C(=O)CC2OC(CO)[C@@H](O)[C@H](O)[C@H]2O)ccc1O. The van der Waals surface area contributed by atoms with Gasteiger partial charge in [-0.25, -0.2) is 0 Å². The molecule has 1 fully saturated rings. The van der Waals surface area contributed by atoms with Gasteiger partial charge in [-0.1, -0.05) is 12.1 Å². The predicted molar refractivity (Wildman–Crippen MR) is 87.1 cm³/mol. The first-order valence-electron chi connectivity index (χ1n) is 7.75. The van der Waals surface area contributed by atoms with Gasteiger partial charge in [-0.05, 0) is 23.8 Å². The molecular formula is C17H22O8. The molecule has 1 aliphatic rings. The summed E-state index contributed by atoms with van der Waals surface area (Å²) in [5.41, 5.74) is 0.622. The minimum Gasteiger partial charge on any atom is -0.504 e. The van der Waals surface area contributed by atoms with Crippen LogP contribution in [0.25, 0.3) is 6.08 Å². The highest BCUT2D eigenvalue weighted by atomic mass is 16.5. The Labute approximate surface area is 144 Å². The molecule has 0 saturated carbocycles. The molecule has 0 amide bonds. The van der Waals surface area contributed by atoms with E-state index in [1.165, 1.54) is 25.3 Å². The molecule has 25 heavy (non-hydrogen) atoms. The number of phenolic OH excluding ortho intramolecular Hbond substituents is 1. The van der Waals surface area contributed by atoms with Gasteiger partial charge in [0.25, 0.3) is 0 Å². The highest BCUT2D eigenvalue weighted by Gasteiger charge is 2.43. The summed E-state index contributed by atoms with van der Waals surface area (Å²) in [5, 5.41) is 48.0. The lowest BCUT2D eigenvalue weighted by Crippen LogP contribution is -2.58. The third kappa shape index (κ3) is 4.56. The van der Waals surface area contributed by atoms with E-state index in [1.54, 1.807) is 12.1 Å². The number of rotatable bonds is 6. The molecule has 2 unspecified atom stereocenters. The fourth-order valence-electron chi connectivity index (χ4n) is 2.60. The Hall–Kier alpha value is -1.97. The van der Waals surface area contributed by atoms with Gasteiger partial charge < -0.3 is 35.0 Å². The smallest absolute Gasteiger partial charge is 0.161 e. The summed E-state index contributed by atoms with van der Waals surface area (Å²) in [6.45, 7) is -0.543. The maximum atomic E-state index is 12.1. The molecule has 5 N–H and O–H groups in total. The number of hydrogen-bond acceptors (Lipinski definition) is 8. The van der Waals surface area contributed by atoms with Gasteiger partial charge in [-0.2, -0.15) is 0 Å². The van der Waals surface area contributed by atoms with Crippen molar-refractivity contribution in [1.29, 1.82) is 0 Å². The molecule has 2 rings (SSSR count). The first kappa shape index (κ1) is 19.4. The van der Waals surface area contributed by atoms with Crippen molar-refractivity contribution in [3.63, 3.8) is 0 Å². The second-order valence-corrected chi connectivity index (χ2v) is 5.80. The molecule has 138 valence electrons. The standard InChI is InChI=1S/C17H22O8/c1-24-12-6-9(3-5-11(12)20)2-4-10(19)7-13-15(21)17(23)16(22)14(8-18)25-13/h2-6,13-18,20-23H,7-8H2,1H3/b4-2+/t13?,14?,15-,16+,17+/m0/s1. The van der Waals surface area contributed by atoms with E-state index in [2.05, 4.69) is 0 Å². The minimum absolute atomic E-state index is 0.0210. The zero-order chi connectivity index (χ0) is 18.6. The van der Waals surface area contributed by atoms with Gasteiger partial charge in [0.2, 0.25) is 0 Å². The zero-order valence-corrected chi connectivity index (χ0v) is 13.6. The lowest BCUT2D eigenvalue weighted by atomic mass is 9.92. The van der Waals surface area contributed by atoms with Gasteiger partial charge in [0.05, 0.1) is 19.8 Å². The van der Waals surface area contributed by atoms with Crippen LogP contribution in [0.3, 0.4) is 0 Å². The topological polar surface area (TPSA) is 137 Å². The third-order valence-electron chi connectivity index (χ3n) is 4.06. The fourth-order valence-corrected chi connectivity index (χ4v) is 2.60. The molecular weight excluding hydrogens is 332 g/mol. The number of ether oxygens (including phenoxy) is 2. The largest absolute Gasteiger partial charge is 0.504 e. The van der Waals surface area contributed by atoms with Crippen molar-refractivity contribution in [2.24, 2.45) is 0 Å². The van der Waals surface area contributed by atoms with E-state index >= 15 is 0 Å². The number of allylic oxidation sites excluding steroid dienone is 1. The average Bonchev–Trinajstić information content (AvgIpc) is 2.61. The number of aliphatic hydroxyl groups excluding tert-OH is 4. The number of aromatic hydroxyl groups is 1. The van der Waals surface area contributed by atoms with Crippen LogP contribution in [0, 0.1) is 0 Å². The fraction of sp³-hybridized carbons (Fsp3) is 0.471. The van der Waals surface area contributed by atoms with Gasteiger partial charge >= 0.3 is 0 Å². The summed E-state index contributed by atoms with van der Waals surface area (Å²) in [4.78, 5) is 12.1. The van der Waals surface area contributed by atoms with Crippen LogP contribution in [0.2, 0.25) is 0 Å². The Balaban J connectivity index is 2.01. The van der Waals surface area contributed by atoms with Gasteiger partial charge in [-0.15, -0.1) is 0 Å². The van der Waals surface area contributed by atoms with Gasteiger partial charge in [0, 0.05) is 6.42 Å². The summed E-state index contributed by atoms with van der Waals surface area (Å²) in [5.74, 6) is -0.132. The maximum Gasteiger partial charge on any atom is 0.161 e. The first-order valence-corrected chi connectivity index (χ1v) is 7.75. The maximum absolute atomic E-state index is 12.1. The number of hydrogen-bond donors (Lipinski definition) is 5. The second-order valence-electron chi connectivity index (χ2n) is 5.80. The number of aliphatic hydroxyl groups is 4. The molecule has 1 aliphatic heterocycles. The number of carbonyl (C=O) groups excluding carboxylic acids is 1. The van der Waals surface area contributed by atoms with Crippen LogP contribution in [0.5, 0.6) is 11.5 Å². The highest BCUT2D eigenvalue weighted by molar-refractivity contribution is 5.94. The summed E-state index contributed by atoms with van der Waals surface area (Å²) < 4.78 is 10.3. The lowest BCUT2D eigenvalue weighted by molar-refractivity contribution is -0.229. The molecule has 0 aliphatic carbocycles. The van der Waals surface area contributed by atoms with E-state index in [4.69, 9.17) is 14.6 Å². The summed E-state index contributed by atoms with van der Waals surface area (Å²) in [7, 11) is 1.41. The number of carbonyl (C=O) groups is 1. The summed E-state index contributed by atoms with van der Waals surface area (Å²) in [6.07, 6.45) is -3.93. The van der Waals surface area contributed by atoms with Gasteiger partial charge in [0.1, 0.15) is 24.4 Å². The molecule has 0 aromatic heterocycles. The van der Waals surface area contributed by atoms with Crippen molar-refractivity contribution in [2.45, 2.75) is 36.9 Å². The van der Waals surface area contributed by atoms with Crippen molar-refractivity contribution in [2.75, 3.05) is 13.7 Å². The van der Waals surface area contributed by atoms with Crippen LogP contribution in [0.4, 0.5) is 0 Å². The van der Waals surface area contributed by atoms with Crippen LogP contribution >= 0.6 is 0 Å². The molecule has 0 radical (unpaired) electrons. The third-order valence-corrected chi connectivity index (χ3v) is 4.06. The van der Waals surface area contributed by atoms with E-state index < -0.39 is 37.1 Å². The monoisotopic (exact) mass is 354 g/mol. The molecule has 5 atom stereocenters. The average molecular weight is 354 g/mol. The molecule has 0 spiro atoms. The Morgan fingerprint density at radius 2 is 1.88 bits per heavy atom. The van der Waals surface area contributed by atoms with Crippen molar-refractivity contribution < 1.29 is 39.8 Å². The molecule has 0 bridgehead atoms. The normalized spacial score (nSPS) is 29.7. The van der Waals surface area contributed by atoms with E-state index in [0.717, 1.165) is 0 Å². The summed E-state index contributed by atoms with van der Waals surface area (Å²) in [6, 6.07) is 4.57. The Morgan fingerprint density at radius 3 is 2.52 bits per heavy atom. The quantitative estimate of drug-likeness (QED) is 0.420. The first-order chi connectivity index (χ1) is 11.9. The Morgan fingerprint density at radius 1 is 1.20 bits per heavy atom. The highest BCUT2D eigenvalue weighted by Crippen LogP contribution is 2.27. The van der Waals surface area contributed by atoms with Crippen LogP contribution < -0.4 is 4.74 Å². The number of ketones is 1. The molecule has 1 heterocycles. The van der Waals surface area contributed by atoms with E-state index in [-0.39, 0.29) is 23.7 Å². The Kier molecular flexibility index (Phi) is 6.51. The number of methoxy groups -OCH3 is 1. The Bertz CT molecular complexity index is 627. The van der Waals surface area contributed by atoms with Crippen molar-refractivity contribution >= 4 is 11.9 Å². The van der Waals surface area contributed by atoms with Crippen molar-refractivity contribution in [3.05, 3.63) is 29.8 Å².